The summed E-state index contributed by atoms with van der Waals surface area (Å²) in [5.74, 6) is 0.915. The molecule has 0 spiro atoms. The molecule has 1 fully saturated rings. The Morgan fingerprint density at radius 2 is 1.88 bits per heavy atom. The highest BCUT2D eigenvalue weighted by molar-refractivity contribution is 5.97. The number of furan rings is 1. The van der Waals surface area contributed by atoms with E-state index in [-0.39, 0.29) is 5.91 Å². The van der Waals surface area contributed by atoms with Crippen LogP contribution in [0.5, 0.6) is 5.75 Å². The van der Waals surface area contributed by atoms with E-state index in [0.717, 1.165) is 35.6 Å². The molecule has 1 aliphatic rings. The third-order valence-corrected chi connectivity index (χ3v) is 4.88. The van der Waals surface area contributed by atoms with Crippen LogP contribution in [0.25, 0.3) is 11.1 Å². The third kappa shape index (κ3) is 2.63. The van der Waals surface area contributed by atoms with Crippen LogP contribution in [0.1, 0.15) is 10.5 Å². The summed E-state index contributed by atoms with van der Waals surface area (Å²) in [7, 11) is 3.58. The van der Waals surface area contributed by atoms with Crippen LogP contribution < -0.4 is 9.64 Å². The number of fused-ring (bicyclic) bond motifs is 1. The van der Waals surface area contributed by atoms with Crippen LogP contribution in [0.15, 0.2) is 47.1 Å². The van der Waals surface area contributed by atoms with Crippen molar-refractivity contribution in [1.82, 2.24) is 9.47 Å². The number of piperazine rings is 1. The molecule has 1 saturated heterocycles. The SMILES string of the molecule is COc1ccccc1N1CCN(C(=O)c2cc3occc3n2C)CC1. The number of hydrogen-bond acceptors (Lipinski definition) is 4. The molecule has 0 saturated carbocycles. The molecule has 0 bridgehead atoms. The first kappa shape index (κ1) is 15.6. The molecule has 6 nitrogen and oxygen atoms in total. The molecule has 0 aliphatic carbocycles. The number of benzene rings is 1. The molecule has 1 aliphatic heterocycles. The zero-order chi connectivity index (χ0) is 17.4. The monoisotopic (exact) mass is 339 g/mol. The van der Waals surface area contributed by atoms with Crippen molar-refractivity contribution in [2.45, 2.75) is 0 Å². The molecule has 0 N–H and O–H groups in total. The lowest BCUT2D eigenvalue weighted by Gasteiger charge is -2.36. The molecule has 2 aromatic heterocycles. The van der Waals surface area contributed by atoms with Crippen LogP contribution in [0.3, 0.4) is 0 Å². The molecule has 130 valence electrons. The maximum absolute atomic E-state index is 12.9. The van der Waals surface area contributed by atoms with Gasteiger partial charge in [0.2, 0.25) is 0 Å². The van der Waals surface area contributed by atoms with Gasteiger partial charge in [-0.2, -0.15) is 0 Å². The maximum Gasteiger partial charge on any atom is 0.270 e. The number of para-hydroxylation sites is 2. The van der Waals surface area contributed by atoms with E-state index in [9.17, 15) is 4.79 Å². The predicted octanol–water partition coefficient (Wildman–Crippen LogP) is 2.74. The van der Waals surface area contributed by atoms with Gasteiger partial charge in [0.15, 0.2) is 5.58 Å². The van der Waals surface area contributed by atoms with E-state index >= 15 is 0 Å². The lowest BCUT2D eigenvalue weighted by Crippen LogP contribution is -2.49. The number of aromatic nitrogens is 1. The van der Waals surface area contributed by atoms with E-state index in [1.807, 2.05) is 46.8 Å². The minimum atomic E-state index is 0.0496. The number of hydrogen-bond donors (Lipinski definition) is 0. The summed E-state index contributed by atoms with van der Waals surface area (Å²) in [6.45, 7) is 2.94. The highest BCUT2D eigenvalue weighted by Crippen LogP contribution is 2.29. The van der Waals surface area contributed by atoms with Crippen LogP contribution in [0.4, 0.5) is 5.69 Å². The summed E-state index contributed by atoms with van der Waals surface area (Å²) in [6, 6.07) is 11.7. The number of ether oxygens (including phenoxy) is 1. The minimum absolute atomic E-state index is 0.0496. The van der Waals surface area contributed by atoms with Crippen molar-refractivity contribution in [3.63, 3.8) is 0 Å². The summed E-state index contributed by atoms with van der Waals surface area (Å²) in [5, 5.41) is 0. The van der Waals surface area contributed by atoms with Crippen molar-refractivity contribution in [2.24, 2.45) is 7.05 Å². The predicted molar refractivity (Wildman–Crippen MR) is 96.3 cm³/mol. The van der Waals surface area contributed by atoms with Crippen molar-refractivity contribution < 1.29 is 13.9 Å². The second-order valence-corrected chi connectivity index (χ2v) is 6.21. The molecule has 6 heteroatoms. The Morgan fingerprint density at radius 1 is 1.12 bits per heavy atom. The Morgan fingerprint density at radius 3 is 2.60 bits per heavy atom. The fourth-order valence-electron chi connectivity index (χ4n) is 3.46. The zero-order valence-corrected chi connectivity index (χ0v) is 14.4. The first-order valence-electron chi connectivity index (χ1n) is 8.39. The molecule has 1 aromatic carbocycles. The van der Waals surface area contributed by atoms with E-state index in [0.29, 0.717) is 18.8 Å². The second kappa shape index (κ2) is 6.20. The van der Waals surface area contributed by atoms with Crippen LogP contribution in [0.2, 0.25) is 0 Å². The van der Waals surface area contributed by atoms with Gasteiger partial charge in [0, 0.05) is 45.4 Å². The molecular formula is C19H21N3O3. The van der Waals surface area contributed by atoms with E-state index < -0.39 is 0 Å². The molecule has 0 radical (unpaired) electrons. The number of methoxy groups -OCH3 is 1. The largest absolute Gasteiger partial charge is 0.495 e. The van der Waals surface area contributed by atoms with Gasteiger partial charge in [0.1, 0.15) is 11.4 Å². The van der Waals surface area contributed by atoms with E-state index in [2.05, 4.69) is 11.0 Å². The smallest absolute Gasteiger partial charge is 0.270 e. The molecule has 3 aromatic rings. The Labute approximate surface area is 146 Å². The first-order valence-corrected chi connectivity index (χ1v) is 8.39. The van der Waals surface area contributed by atoms with E-state index in [1.165, 1.54) is 0 Å². The van der Waals surface area contributed by atoms with Crippen LogP contribution in [-0.4, -0.2) is 48.7 Å². The van der Waals surface area contributed by atoms with Crippen LogP contribution in [-0.2, 0) is 7.05 Å². The van der Waals surface area contributed by atoms with Crippen molar-refractivity contribution in [1.29, 1.82) is 0 Å². The molecule has 0 unspecified atom stereocenters. The van der Waals surface area contributed by atoms with Crippen molar-refractivity contribution >= 4 is 22.7 Å². The van der Waals surface area contributed by atoms with Crippen molar-refractivity contribution in [3.05, 3.63) is 48.4 Å². The Balaban J connectivity index is 1.49. The number of amides is 1. The first-order chi connectivity index (χ1) is 12.2. The number of carbonyl (C=O) groups is 1. The van der Waals surface area contributed by atoms with Gasteiger partial charge in [0.05, 0.1) is 24.6 Å². The molecule has 25 heavy (non-hydrogen) atoms. The van der Waals surface area contributed by atoms with Gasteiger partial charge in [-0.1, -0.05) is 12.1 Å². The van der Waals surface area contributed by atoms with Crippen molar-refractivity contribution in [3.8, 4) is 5.75 Å². The van der Waals surface area contributed by atoms with Crippen LogP contribution in [0, 0.1) is 0 Å². The average molecular weight is 339 g/mol. The Hall–Kier alpha value is -2.89. The summed E-state index contributed by atoms with van der Waals surface area (Å²) >= 11 is 0. The van der Waals surface area contributed by atoms with Gasteiger partial charge < -0.3 is 23.5 Å². The summed E-state index contributed by atoms with van der Waals surface area (Å²) in [4.78, 5) is 17.0. The Kier molecular flexibility index (Phi) is 3.87. The fraction of sp³-hybridized carbons (Fsp3) is 0.316. The number of nitrogens with zero attached hydrogens (tertiary/aromatic N) is 3. The number of anilines is 1. The second-order valence-electron chi connectivity index (χ2n) is 6.21. The van der Waals surface area contributed by atoms with Gasteiger partial charge in [-0.3, -0.25) is 4.79 Å². The van der Waals surface area contributed by atoms with E-state index in [1.54, 1.807) is 13.4 Å². The lowest BCUT2D eigenvalue weighted by atomic mass is 10.2. The summed E-state index contributed by atoms with van der Waals surface area (Å²) in [6.07, 6.45) is 1.64. The summed E-state index contributed by atoms with van der Waals surface area (Å²) < 4.78 is 12.7. The number of carbonyl (C=O) groups excluding carboxylic acids is 1. The normalized spacial score (nSPS) is 15.0. The quantitative estimate of drug-likeness (QED) is 0.736. The summed E-state index contributed by atoms with van der Waals surface area (Å²) in [5.41, 5.74) is 3.43. The molecule has 4 rings (SSSR count). The minimum Gasteiger partial charge on any atom is -0.495 e. The van der Waals surface area contributed by atoms with E-state index in [4.69, 9.17) is 9.15 Å². The average Bonchev–Trinajstić information content (AvgIpc) is 3.24. The van der Waals surface area contributed by atoms with Gasteiger partial charge in [0.25, 0.3) is 5.91 Å². The molecular weight excluding hydrogens is 318 g/mol. The Bertz CT molecular complexity index is 904. The van der Waals surface area contributed by atoms with Gasteiger partial charge in [-0.05, 0) is 12.1 Å². The van der Waals surface area contributed by atoms with Crippen molar-refractivity contribution in [2.75, 3.05) is 38.2 Å². The van der Waals surface area contributed by atoms with Crippen LogP contribution >= 0.6 is 0 Å². The highest BCUT2D eigenvalue weighted by atomic mass is 16.5. The standard InChI is InChI=1S/C19H21N3O3/c1-20-14-7-12-25-18(14)13-16(20)19(23)22-10-8-21(9-11-22)15-5-3-4-6-17(15)24-2/h3-7,12-13H,8-11H2,1-2H3. The number of aryl methyl sites for hydroxylation is 1. The fourth-order valence-corrected chi connectivity index (χ4v) is 3.46. The highest BCUT2D eigenvalue weighted by Gasteiger charge is 2.26. The zero-order valence-electron chi connectivity index (χ0n) is 14.4. The maximum atomic E-state index is 12.9. The number of rotatable bonds is 3. The topological polar surface area (TPSA) is 50.9 Å². The van der Waals surface area contributed by atoms with Gasteiger partial charge in [-0.25, -0.2) is 0 Å². The molecule has 1 amide bonds. The molecule has 0 atom stereocenters. The third-order valence-electron chi connectivity index (χ3n) is 4.88. The van der Waals surface area contributed by atoms with Gasteiger partial charge in [-0.15, -0.1) is 0 Å². The van der Waals surface area contributed by atoms with Gasteiger partial charge >= 0.3 is 0 Å². The lowest BCUT2D eigenvalue weighted by molar-refractivity contribution is 0.0737. The molecule has 3 heterocycles.